The lowest BCUT2D eigenvalue weighted by molar-refractivity contribution is 0.226. The molecule has 0 amide bonds. The standard InChI is InChI=1S/C12H20N2O/c1-14(9-11-5-4-8-15-11)10-12(13)6-2-3-7-12/h4-5,8H,2-3,6-7,9-10,13H2,1H3. The molecule has 2 N–H and O–H groups in total. The lowest BCUT2D eigenvalue weighted by Gasteiger charge is -2.29. The summed E-state index contributed by atoms with van der Waals surface area (Å²) < 4.78 is 5.32. The average Bonchev–Trinajstić information content (AvgIpc) is 2.76. The van der Waals surface area contributed by atoms with Crippen LogP contribution < -0.4 is 5.73 Å². The lowest BCUT2D eigenvalue weighted by atomic mass is 9.99. The van der Waals surface area contributed by atoms with Gasteiger partial charge >= 0.3 is 0 Å². The molecule has 1 fully saturated rings. The van der Waals surface area contributed by atoms with Crippen LogP contribution in [0.4, 0.5) is 0 Å². The molecule has 0 bridgehead atoms. The first-order valence-electron chi connectivity index (χ1n) is 5.68. The molecule has 0 aromatic carbocycles. The van der Waals surface area contributed by atoms with Gasteiger partial charge in [-0.15, -0.1) is 0 Å². The number of furan rings is 1. The second-order valence-electron chi connectivity index (χ2n) is 4.82. The third-order valence-electron chi connectivity index (χ3n) is 3.19. The smallest absolute Gasteiger partial charge is 0.117 e. The van der Waals surface area contributed by atoms with Crippen molar-refractivity contribution in [1.82, 2.24) is 4.90 Å². The monoisotopic (exact) mass is 208 g/mol. The Bertz CT molecular complexity index is 289. The van der Waals surface area contributed by atoms with Crippen molar-refractivity contribution < 1.29 is 4.42 Å². The fraction of sp³-hybridized carbons (Fsp3) is 0.667. The number of rotatable bonds is 4. The summed E-state index contributed by atoms with van der Waals surface area (Å²) >= 11 is 0. The summed E-state index contributed by atoms with van der Waals surface area (Å²) in [5.74, 6) is 1.01. The zero-order valence-electron chi connectivity index (χ0n) is 9.41. The van der Waals surface area contributed by atoms with Crippen molar-refractivity contribution >= 4 is 0 Å². The molecular weight excluding hydrogens is 188 g/mol. The minimum absolute atomic E-state index is 0.0430. The van der Waals surface area contributed by atoms with Crippen LogP contribution in [0.15, 0.2) is 22.8 Å². The fourth-order valence-electron chi connectivity index (χ4n) is 2.50. The van der Waals surface area contributed by atoms with Crippen molar-refractivity contribution in [3.05, 3.63) is 24.2 Å². The van der Waals surface area contributed by atoms with Gasteiger partial charge in [0.1, 0.15) is 5.76 Å². The first-order valence-corrected chi connectivity index (χ1v) is 5.68. The Labute approximate surface area is 91.2 Å². The van der Waals surface area contributed by atoms with E-state index in [4.69, 9.17) is 10.2 Å². The van der Waals surface area contributed by atoms with E-state index in [0.717, 1.165) is 31.7 Å². The molecule has 0 atom stereocenters. The van der Waals surface area contributed by atoms with Gasteiger partial charge in [0.25, 0.3) is 0 Å². The Morgan fingerprint density at radius 3 is 2.80 bits per heavy atom. The third-order valence-corrected chi connectivity index (χ3v) is 3.19. The molecule has 1 saturated carbocycles. The predicted molar refractivity (Wildman–Crippen MR) is 60.4 cm³/mol. The molecule has 1 aliphatic rings. The predicted octanol–water partition coefficient (Wildman–Crippen LogP) is 1.98. The first-order chi connectivity index (χ1) is 7.18. The van der Waals surface area contributed by atoms with E-state index in [9.17, 15) is 0 Å². The molecule has 2 rings (SSSR count). The Kier molecular flexibility index (Phi) is 3.12. The lowest BCUT2D eigenvalue weighted by Crippen LogP contribution is -2.46. The summed E-state index contributed by atoms with van der Waals surface area (Å²) in [4.78, 5) is 2.25. The number of nitrogens with two attached hydrogens (primary N) is 1. The second-order valence-corrected chi connectivity index (χ2v) is 4.82. The Morgan fingerprint density at radius 2 is 2.20 bits per heavy atom. The quantitative estimate of drug-likeness (QED) is 0.822. The molecule has 1 aromatic rings. The van der Waals surface area contributed by atoms with Crippen LogP contribution in [0.1, 0.15) is 31.4 Å². The van der Waals surface area contributed by atoms with E-state index in [2.05, 4.69) is 11.9 Å². The fourth-order valence-corrected chi connectivity index (χ4v) is 2.50. The minimum Gasteiger partial charge on any atom is -0.468 e. The van der Waals surface area contributed by atoms with Gasteiger partial charge in [-0.05, 0) is 32.0 Å². The van der Waals surface area contributed by atoms with Gasteiger partial charge in [0.15, 0.2) is 0 Å². The van der Waals surface area contributed by atoms with Crippen LogP contribution in [0.5, 0.6) is 0 Å². The van der Waals surface area contributed by atoms with E-state index in [0.29, 0.717) is 0 Å². The highest BCUT2D eigenvalue weighted by atomic mass is 16.3. The van der Waals surface area contributed by atoms with Crippen LogP contribution in [0.25, 0.3) is 0 Å². The van der Waals surface area contributed by atoms with E-state index in [1.807, 2.05) is 12.1 Å². The number of hydrogen-bond acceptors (Lipinski definition) is 3. The van der Waals surface area contributed by atoms with Crippen LogP contribution in [0.3, 0.4) is 0 Å². The largest absolute Gasteiger partial charge is 0.468 e. The second kappa shape index (κ2) is 4.37. The molecule has 3 nitrogen and oxygen atoms in total. The van der Waals surface area contributed by atoms with E-state index >= 15 is 0 Å². The highest BCUT2D eigenvalue weighted by Crippen LogP contribution is 2.27. The SMILES string of the molecule is CN(Cc1ccco1)CC1(N)CCCC1. The topological polar surface area (TPSA) is 42.4 Å². The van der Waals surface area contributed by atoms with Crippen LogP contribution in [-0.4, -0.2) is 24.0 Å². The van der Waals surface area contributed by atoms with Crippen LogP contribution >= 0.6 is 0 Å². The van der Waals surface area contributed by atoms with Crippen molar-refractivity contribution in [3.63, 3.8) is 0 Å². The van der Waals surface area contributed by atoms with Crippen molar-refractivity contribution in [3.8, 4) is 0 Å². The van der Waals surface area contributed by atoms with Crippen LogP contribution in [0, 0.1) is 0 Å². The highest BCUT2D eigenvalue weighted by Gasteiger charge is 2.30. The molecule has 0 unspecified atom stereocenters. The van der Waals surface area contributed by atoms with E-state index in [1.165, 1.54) is 12.8 Å². The maximum absolute atomic E-state index is 6.32. The molecule has 1 aliphatic carbocycles. The summed E-state index contributed by atoms with van der Waals surface area (Å²) in [5, 5.41) is 0. The van der Waals surface area contributed by atoms with Gasteiger partial charge in [-0.3, -0.25) is 4.90 Å². The molecule has 15 heavy (non-hydrogen) atoms. The number of hydrogen-bond donors (Lipinski definition) is 1. The summed E-state index contributed by atoms with van der Waals surface area (Å²) in [7, 11) is 2.11. The number of nitrogens with zero attached hydrogens (tertiary/aromatic N) is 1. The van der Waals surface area contributed by atoms with E-state index in [1.54, 1.807) is 6.26 Å². The summed E-state index contributed by atoms with van der Waals surface area (Å²) in [6, 6.07) is 3.94. The molecule has 3 heteroatoms. The van der Waals surface area contributed by atoms with Gasteiger partial charge in [-0.1, -0.05) is 12.8 Å². The van der Waals surface area contributed by atoms with Gasteiger partial charge in [0, 0.05) is 12.1 Å². The van der Waals surface area contributed by atoms with Crippen LogP contribution in [0.2, 0.25) is 0 Å². The molecule has 1 aromatic heterocycles. The van der Waals surface area contributed by atoms with Gasteiger partial charge in [-0.2, -0.15) is 0 Å². The zero-order chi connectivity index (χ0) is 10.7. The maximum atomic E-state index is 6.32. The molecular formula is C12H20N2O. The maximum Gasteiger partial charge on any atom is 0.117 e. The zero-order valence-corrected chi connectivity index (χ0v) is 9.41. The highest BCUT2D eigenvalue weighted by molar-refractivity contribution is 4.99. The minimum atomic E-state index is 0.0430. The van der Waals surface area contributed by atoms with Gasteiger partial charge in [-0.25, -0.2) is 0 Å². The molecule has 0 saturated heterocycles. The normalized spacial score (nSPS) is 19.9. The van der Waals surface area contributed by atoms with E-state index < -0.39 is 0 Å². The van der Waals surface area contributed by atoms with Crippen molar-refractivity contribution in [2.45, 2.75) is 37.8 Å². The Hall–Kier alpha value is -0.800. The van der Waals surface area contributed by atoms with Crippen molar-refractivity contribution in [2.24, 2.45) is 5.73 Å². The summed E-state index contributed by atoms with van der Waals surface area (Å²) in [5.41, 5.74) is 6.36. The Morgan fingerprint density at radius 1 is 1.47 bits per heavy atom. The van der Waals surface area contributed by atoms with Gasteiger partial charge in [0.2, 0.25) is 0 Å². The molecule has 0 spiro atoms. The van der Waals surface area contributed by atoms with Crippen molar-refractivity contribution in [2.75, 3.05) is 13.6 Å². The first kappa shape index (κ1) is 10.7. The molecule has 0 aliphatic heterocycles. The molecule has 0 radical (unpaired) electrons. The summed E-state index contributed by atoms with van der Waals surface area (Å²) in [6.45, 7) is 1.82. The van der Waals surface area contributed by atoms with Gasteiger partial charge in [0.05, 0.1) is 12.8 Å². The van der Waals surface area contributed by atoms with Gasteiger partial charge < -0.3 is 10.2 Å². The average molecular weight is 208 g/mol. The molecule has 1 heterocycles. The van der Waals surface area contributed by atoms with E-state index in [-0.39, 0.29) is 5.54 Å². The van der Waals surface area contributed by atoms with Crippen molar-refractivity contribution in [1.29, 1.82) is 0 Å². The Balaban J connectivity index is 1.84. The van der Waals surface area contributed by atoms with Crippen LogP contribution in [-0.2, 0) is 6.54 Å². The summed E-state index contributed by atoms with van der Waals surface area (Å²) in [6.07, 6.45) is 6.61. The molecule has 84 valence electrons. The third kappa shape index (κ3) is 2.83. The number of likely N-dealkylation sites (N-methyl/N-ethyl adjacent to an activating group) is 1.